The lowest BCUT2D eigenvalue weighted by atomic mass is 9.74. The van der Waals surface area contributed by atoms with E-state index in [4.69, 9.17) is 12.2 Å². The van der Waals surface area contributed by atoms with Crippen LogP contribution in [0.25, 0.3) is 0 Å². The fourth-order valence-corrected chi connectivity index (χ4v) is 3.87. The van der Waals surface area contributed by atoms with Crippen LogP contribution in [0.2, 0.25) is 0 Å². The SMILES string of the molecule is S=C=NC1C2CCCC1CN(Cc1ccccc1)C2. The number of isothiocyanates is 1. The van der Waals surface area contributed by atoms with Gasteiger partial charge >= 0.3 is 0 Å². The standard InChI is InChI=1S/C16H20N2S/c19-12-17-16-14-7-4-8-15(16)11-18(10-14)9-13-5-2-1-3-6-13/h1-3,5-6,14-16H,4,7-11H2. The van der Waals surface area contributed by atoms with Crippen molar-refractivity contribution in [3.05, 3.63) is 35.9 Å². The van der Waals surface area contributed by atoms with E-state index in [0.717, 1.165) is 19.6 Å². The van der Waals surface area contributed by atoms with Crippen molar-refractivity contribution in [1.82, 2.24) is 4.90 Å². The molecular formula is C16H20N2S. The van der Waals surface area contributed by atoms with Crippen molar-refractivity contribution in [2.24, 2.45) is 16.8 Å². The summed E-state index contributed by atoms with van der Waals surface area (Å²) in [5, 5.41) is 2.62. The Morgan fingerprint density at radius 1 is 1.16 bits per heavy atom. The number of likely N-dealkylation sites (tertiary alicyclic amines) is 1. The second-order valence-electron chi connectivity index (χ2n) is 5.84. The molecule has 2 aliphatic rings. The molecule has 1 saturated carbocycles. The molecular weight excluding hydrogens is 252 g/mol. The molecule has 2 fully saturated rings. The average Bonchev–Trinajstić information content (AvgIpc) is 2.41. The van der Waals surface area contributed by atoms with Crippen LogP contribution in [0, 0.1) is 11.8 Å². The van der Waals surface area contributed by atoms with Gasteiger partial charge in [0.15, 0.2) is 0 Å². The Morgan fingerprint density at radius 3 is 2.47 bits per heavy atom. The summed E-state index contributed by atoms with van der Waals surface area (Å²) < 4.78 is 0. The van der Waals surface area contributed by atoms with Gasteiger partial charge in [0.2, 0.25) is 0 Å². The number of hydrogen-bond acceptors (Lipinski definition) is 3. The molecule has 0 amide bonds. The number of aliphatic imine (C=N–C) groups is 1. The van der Waals surface area contributed by atoms with E-state index in [1.165, 1.54) is 24.8 Å². The molecule has 2 nitrogen and oxygen atoms in total. The normalized spacial score (nSPS) is 30.6. The molecule has 2 bridgehead atoms. The maximum absolute atomic E-state index is 4.81. The molecule has 0 radical (unpaired) electrons. The van der Waals surface area contributed by atoms with Crippen molar-refractivity contribution in [2.45, 2.75) is 31.8 Å². The molecule has 3 heteroatoms. The quantitative estimate of drug-likeness (QED) is 0.619. The van der Waals surface area contributed by atoms with Crippen LogP contribution >= 0.6 is 12.2 Å². The third kappa shape index (κ3) is 2.94. The van der Waals surface area contributed by atoms with Crippen molar-refractivity contribution >= 4 is 17.4 Å². The van der Waals surface area contributed by atoms with Crippen LogP contribution in [0.5, 0.6) is 0 Å². The number of thiocarbonyl (C=S) groups is 1. The van der Waals surface area contributed by atoms with E-state index >= 15 is 0 Å². The smallest absolute Gasteiger partial charge is 0.0683 e. The van der Waals surface area contributed by atoms with E-state index in [2.05, 4.69) is 45.4 Å². The molecule has 19 heavy (non-hydrogen) atoms. The second kappa shape index (κ2) is 5.96. The van der Waals surface area contributed by atoms with E-state index in [0.29, 0.717) is 17.9 Å². The summed E-state index contributed by atoms with van der Waals surface area (Å²) in [7, 11) is 0. The van der Waals surface area contributed by atoms with Crippen LogP contribution in [-0.2, 0) is 6.54 Å². The van der Waals surface area contributed by atoms with E-state index in [-0.39, 0.29) is 0 Å². The Morgan fingerprint density at radius 2 is 1.84 bits per heavy atom. The molecule has 1 aliphatic heterocycles. The van der Waals surface area contributed by atoms with Gasteiger partial charge in [-0.2, -0.15) is 0 Å². The minimum Gasteiger partial charge on any atom is -0.298 e. The fraction of sp³-hybridized carbons (Fsp3) is 0.562. The largest absolute Gasteiger partial charge is 0.298 e. The van der Waals surface area contributed by atoms with Gasteiger partial charge in [-0.05, 0) is 42.5 Å². The summed E-state index contributed by atoms with van der Waals surface area (Å²) in [5.74, 6) is 1.37. The van der Waals surface area contributed by atoms with Gasteiger partial charge in [0.05, 0.1) is 11.2 Å². The van der Waals surface area contributed by atoms with Crippen molar-refractivity contribution in [2.75, 3.05) is 13.1 Å². The summed E-state index contributed by atoms with van der Waals surface area (Å²) in [5.41, 5.74) is 1.41. The van der Waals surface area contributed by atoms with Crippen molar-refractivity contribution in [3.63, 3.8) is 0 Å². The lowest BCUT2D eigenvalue weighted by Gasteiger charge is -2.45. The van der Waals surface area contributed by atoms with Crippen molar-refractivity contribution in [3.8, 4) is 0 Å². The fourth-order valence-electron chi connectivity index (χ4n) is 3.75. The third-order valence-electron chi connectivity index (χ3n) is 4.55. The molecule has 1 heterocycles. The molecule has 100 valence electrons. The maximum atomic E-state index is 4.81. The first kappa shape index (κ1) is 13.0. The minimum absolute atomic E-state index is 0.443. The molecule has 0 spiro atoms. The molecule has 2 atom stereocenters. The van der Waals surface area contributed by atoms with Gasteiger partial charge in [-0.3, -0.25) is 4.90 Å². The highest BCUT2D eigenvalue weighted by Crippen LogP contribution is 2.37. The van der Waals surface area contributed by atoms with Gasteiger partial charge in [-0.1, -0.05) is 36.8 Å². The zero-order valence-electron chi connectivity index (χ0n) is 11.2. The zero-order valence-corrected chi connectivity index (χ0v) is 12.0. The van der Waals surface area contributed by atoms with Gasteiger partial charge in [0, 0.05) is 19.6 Å². The summed E-state index contributed by atoms with van der Waals surface area (Å²) in [6, 6.07) is 11.2. The second-order valence-corrected chi connectivity index (χ2v) is 6.02. The molecule has 1 aromatic rings. The monoisotopic (exact) mass is 272 g/mol. The van der Waals surface area contributed by atoms with Crippen LogP contribution in [0.3, 0.4) is 0 Å². The highest BCUT2D eigenvalue weighted by Gasteiger charge is 2.39. The number of fused-ring (bicyclic) bond motifs is 2. The van der Waals surface area contributed by atoms with Crippen LogP contribution < -0.4 is 0 Å². The van der Waals surface area contributed by atoms with E-state index in [9.17, 15) is 0 Å². The Bertz CT molecular complexity index is 453. The predicted molar refractivity (Wildman–Crippen MR) is 81.4 cm³/mol. The van der Waals surface area contributed by atoms with Crippen LogP contribution in [0.4, 0.5) is 0 Å². The molecule has 1 aromatic carbocycles. The van der Waals surface area contributed by atoms with Gasteiger partial charge in [0.25, 0.3) is 0 Å². The van der Waals surface area contributed by atoms with E-state index in [1.807, 2.05) is 0 Å². The Balaban J connectivity index is 1.69. The van der Waals surface area contributed by atoms with Crippen molar-refractivity contribution in [1.29, 1.82) is 0 Å². The minimum atomic E-state index is 0.443. The molecule has 3 rings (SSSR count). The van der Waals surface area contributed by atoms with Gasteiger partial charge in [0.1, 0.15) is 0 Å². The van der Waals surface area contributed by atoms with Gasteiger partial charge < -0.3 is 0 Å². The Hall–Kier alpha value is -1.02. The number of rotatable bonds is 3. The predicted octanol–water partition coefficient (Wildman–Crippen LogP) is 3.39. The summed E-state index contributed by atoms with van der Waals surface area (Å²) in [6.07, 6.45) is 3.96. The lowest BCUT2D eigenvalue weighted by molar-refractivity contribution is 0.0603. The van der Waals surface area contributed by atoms with Crippen LogP contribution in [0.15, 0.2) is 35.3 Å². The highest BCUT2D eigenvalue weighted by atomic mass is 32.1. The van der Waals surface area contributed by atoms with Crippen molar-refractivity contribution < 1.29 is 0 Å². The molecule has 1 saturated heterocycles. The third-order valence-corrected chi connectivity index (χ3v) is 4.66. The summed E-state index contributed by atoms with van der Waals surface area (Å²) in [6.45, 7) is 3.40. The first-order chi connectivity index (χ1) is 9.36. The Labute approximate surface area is 120 Å². The molecule has 0 N–H and O–H groups in total. The van der Waals surface area contributed by atoms with Gasteiger partial charge in [-0.15, -0.1) is 0 Å². The van der Waals surface area contributed by atoms with E-state index in [1.54, 1.807) is 0 Å². The van der Waals surface area contributed by atoms with Gasteiger partial charge in [-0.25, -0.2) is 4.99 Å². The lowest BCUT2D eigenvalue weighted by Crippen LogP contribution is -2.50. The zero-order chi connectivity index (χ0) is 13.1. The van der Waals surface area contributed by atoms with E-state index < -0.39 is 0 Å². The van der Waals surface area contributed by atoms with Crippen LogP contribution in [-0.4, -0.2) is 29.2 Å². The highest BCUT2D eigenvalue weighted by molar-refractivity contribution is 7.78. The average molecular weight is 272 g/mol. The van der Waals surface area contributed by atoms with Crippen LogP contribution in [0.1, 0.15) is 24.8 Å². The number of piperidine rings is 1. The molecule has 0 aromatic heterocycles. The maximum Gasteiger partial charge on any atom is 0.0683 e. The summed E-state index contributed by atoms with van der Waals surface area (Å²) in [4.78, 5) is 7.04. The number of hydrogen-bond donors (Lipinski definition) is 0. The topological polar surface area (TPSA) is 15.6 Å². The molecule has 2 unspecified atom stereocenters. The number of benzene rings is 1. The Kier molecular flexibility index (Phi) is 4.07. The molecule has 1 aliphatic carbocycles. The summed E-state index contributed by atoms with van der Waals surface area (Å²) >= 11 is 4.81. The first-order valence-electron chi connectivity index (χ1n) is 7.20. The number of nitrogens with zero attached hydrogens (tertiary/aromatic N) is 2. The first-order valence-corrected chi connectivity index (χ1v) is 7.61.